The predicted octanol–water partition coefficient (Wildman–Crippen LogP) is 2.69. The molecule has 0 N–H and O–H groups in total. The molecule has 3 aliphatic carbocycles. The first-order valence-corrected chi connectivity index (χ1v) is 10.3. The molecule has 7 rings (SSSR count). The number of anilines is 2. The van der Waals surface area contributed by atoms with Gasteiger partial charge in [-0.05, 0) is 24.3 Å². The molecule has 2 heterocycles. The lowest BCUT2D eigenvalue weighted by Crippen LogP contribution is -2.50. The summed E-state index contributed by atoms with van der Waals surface area (Å²) in [6.45, 7) is 0. The maximum absolute atomic E-state index is 14.4. The lowest BCUT2D eigenvalue weighted by Gasteiger charge is -2.44. The number of nitrogens with zero attached hydrogens (tertiary/aromatic N) is 2. The third kappa shape index (κ3) is 2.21. The van der Waals surface area contributed by atoms with E-state index in [9.17, 15) is 28.0 Å². The number of carbonyl (C=O) groups is 4. The number of hydrogen-bond acceptors (Lipinski definition) is 4. The fourth-order valence-electron chi connectivity index (χ4n) is 5.97. The summed E-state index contributed by atoms with van der Waals surface area (Å²) in [7, 11) is 0. The van der Waals surface area contributed by atoms with Crippen molar-refractivity contribution in [2.24, 2.45) is 35.5 Å². The van der Waals surface area contributed by atoms with Crippen LogP contribution >= 0.6 is 0 Å². The monoisotopic (exact) mass is 434 g/mol. The van der Waals surface area contributed by atoms with E-state index in [2.05, 4.69) is 0 Å². The van der Waals surface area contributed by atoms with Gasteiger partial charge in [-0.15, -0.1) is 0 Å². The van der Waals surface area contributed by atoms with Crippen LogP contribution in [0.3, 0.4) is 0 Å². The third-order valence-corrected chi connectivity index (χ3v) is 7.20. The highest BCUT2D eigenvalue weighted by Gasteiger charge is 2.69. The Hall–Kier alpha value is -3.68. The van der Waals surface area contributed by atoms with Gasteiger partial charge in [-0.3, -0.25) is 19.2 Å². The first kappa shape index (κ1) is 19.0. The summed E-state index contributed by atoms with van der Waals surface area (Å²) in [6, 6.07) is 11.0. The molecule has 2 saturated heterocycles. The van der Waals surface area contributed by atoms with E-state index in [1.165, 1.54) is 48.5 Å². The Morgan fingerprint density at radius 1 is 0.531 bits per heavy atom. The minimum absolute atomic E-state index is 0.132. The number of imide groups is 2. The first-order valence-electron chi connectivity index (χ1n) is 10.3. The molecular formula is C24H16F2N2O4. The molecule has 0 radical (unpaired) electrons. The van der Waals surface area contributed by atoms with Crippen molar-refractivity contribution in [3.8, 4) is 0 Å². The molecule has 3 fully saturated rings. The Morgan fingerprint density at radius 3 is 1.16 bits per heavy atom. The normalized spacial score (nSPS) is 32.7. The van der Waals surface area contributed by atoms with E-state index >= 15 is 0 Å². The molecule has 160 valence electrons. The molecule has 32 heavy (non-hydrogen) atoms. The van der Waals surface area contributed by atoms with Gasteiger partial charge in [-0.25, -0.2) is 18.6 Å². The Bertz CT molecular complexity index is 1120. The third-order valence-electron chi connectivity index (χ3n) is 7.20. The van der Waals surface area contributed by atoms with Crippen LogP contribution in [0.15, 0.2) is 60.7 Å². The van der Waals surface area contributed by atoms with Crippen LogP contribution in [0.4, 0.5) is 20.2 Å². The minimum Gasteiger partial charge on any atom is -0.274 e. The summed E-state index contributed by atoms with van der Waals surface area (Å²) in [5.74, 6) is -8.57. The maximum Gasteiger partial charge on any atom is 0.238 e. The smallest absolute Gasteiger partial charge is 0.238 e. The zero-order valence-corrected chi connectivity index (χ0v) is 16.5. The van der Waals surface area contributed by atoms with Gasteiger partial charge in [0.1, 0.15) is 11.6 Å². The second kappa shape index (κ2) is 6.41. The number of hydrogen-bond donors (Lipinski definition) is 0. The van der Waals surface area contributed by atoms with Crippen LogP contribution in [0.1, 0.15) is 0 Å². The average Bonchev–Trinajstić information content (AvgIpc) is 3.22. The lowest BCUT2D eigenvalue weighted by molar-refractivity contribution is -0.137. The number of benzene rings is 2. The van der Waals surface area contributed by atoms with Gasteiger partial charge < -0.3 is 0 Å². The van der Waals surface area contributed by atoms with E-state index in [1.807, 2.05) is 0 Å². The Balaban J connectivity index is 1.43. The molecule has 2 aromatic carbocycles. The van der Waals surface area contributed by atoms with Crippen LogP contribution in [-0.2, 0) is 19.2 Å². The van der Waals surface area contributed by atoms with E-state index in [0.29, 0.717) is 0 Å². The largest absolute Gasteiger partial charge is 0.274 e. The number of amides is 4. The maximum atomic E-state index is 14.4. The molecule has 2 unspecified atom stereocenters. The van der Waals surface area contributed by atoms with Crippen LogP contribution < -0.4 is 9.80 Å². The van der Waals surface area contributed by atoms with E-state index in [0.717, 1.165) is 9.80 Å². The summed E-state index contributed by atoms with van der Waals surface area (Å²) in [5.41, 5.74) is -0.265. The van der Waals surface area contributed by atoms with Gasteiger partial charge in [0.2, 0.25) is 23.6 Å². The van der Waals surface area contributed by atoms with E-state index < -0.39 is 70.8 Å². The number of para-hydroxylation sites is 2. The van der Waals surface area contributed by atoms with Gasteiger partial charge in [0.25, 0.3) is 0 Å². The zero-order chi connectivity index (χ0) is 22.3. The standard InChI is InChI=1S/C24H16F2N2O4/c25-13-5-1-3-7-15(13)27-21(29)17-11-9-10-12(18(17)22(27)30)20-19(11)23(31)28(24(20)32)16-8-4-2-6-14(16)26/h1-12,17-20H/t11?,12?,17-,18-,19-,20+/m0/s1. The van der Waals surface area contributed by atoms with E-state index in [-0.39, 0.29) is 11.4 Å². The molecule has 2 bridgehead atoms. The van der Waals surface area contributed by atoms with E-state index in [1.54, 1.807) is 12.2 Å². The quantitative estimate of drug-likeness (QED) is 0.538. The molecule has 0 spiro atoms. The molecular weight excluding hydrogens is 418 g/mol. The predicted molar refractivity (Wildman–Crippen MR) is 108 cm³/mol. The highest BCUT2D eigenvalue weighted by molar-refractivity contribution is 6.26. The fourth-order valence-corrected chi connectivity index (χ4v) is 5.97. The molecule has 8 heteroatoms. The van der Waals surface area contributed by atoms with Gasteiger partial charge in [0.15, 0.2) is 0 Å². The van der Waals surface area contributed by atoms with Crippen LogP contribution in [0.25, 0.3) is 0 Å². The summed E-state index contributed by atoms with van der Waals surface area (Å²) in [6.07, 6.45) is 3.41. The van der Waals surface area contributed by atoms with Gasteiger partial charge in [-0.1, -0.05) is 36.4 Å². The number of rotatable bonds is 2. The van der Waals surface area contributed by atoms with Crippen molar-refractivity contribution in [1.82, 2.24) is 0 Å². The molecule has 4 amide bonds. The van der Waals surface area contributed by atoms with Crippen LogP contribution in [0.5, 0.6) is 0 Å². The Labute approximate surface area is 181 Å². The molecule has 5 aliphatic rings. The van der Waals surface area contributed by atoms with Gasteiger partial charge in [0.05, 0.1) is 35.0 Å². The fraction of sp³-hybridized carbons (Fsp3) is 0.250. The van der Waals surface area contributed by atoms with Crippen LogP contribution in [-0.4, -0.2) is 23.6 Å². The summed E-state index contributed by atoms with van der Waals surface area (Å²) in [5, 5.41) is 0. The Kier molecular flexibility index (Phi) is 3.82. The van der Waals surface area contributed by atoms with Crippen LogP contribution in [0.2, 0.25) is 0 Å². The molecule has 2 aromatic rings. The highest BCUT2D eigenvalue weighted by atomic mass is 19.1. The van der Waals surface area contributed by atoms with Gasteiger partial charge in [0, 0.05) is 11.8 Å². The molecule has 6 atom stereocenters. The van der Waals surface area contributed by atoms with Crippen molar-refractivity contribution < 1.29 is 28.0 Å². The average molecular weight is 434 g/mol. The Morgan fingerprint density at radius 2 is 0.844 bits per heavy atom. The topological polar surface area (TPSA) is 74.8 Å². The van der Waals surface area contributed by atoms with Crippen molar-refractivity contribution in [1.29, 1.82) is 0 Å². The zero-order valence-electron chi connectivity index (χ0n) is 16.5. The highest BCUT2D eigenvalue weighted by Crippen LogP contribution is 2.58. The second-order valence-corrected chi connectivity index (χ2v) is 8.57. The molecule has 0 aromatic heterocycles. The first-order chi connectivity index (χ1) is 15.4. The van der Waals surface area contributed by atoms with Crippen molar-refractivity contribution in [2.75, 3.05) is 9.80 Å². The van der Waals surface area contributed by atoms with Crippen LogP contribution in [0, 0.1) is 47.1 Å². The van der Waals surface area contributed by atoms with E-state index in [4.69, 9.17) is 0 Å². The molecule has 1 saturated carbocycles. The second-order valence-electron chi connectivity index (χ2n) is 8.57. The summed E-state index contributed by atoms with van der Waals surface area (Å²) >= 11 is 0. The van der Waals surface area contributed by atoms with Gasteiger partial charge in [-0.2, -0.15) is 0 Å². The summed E-state index contributed by atoms with van der Waals surface area (Å²) in [4.78, 5) is 54.9. The SMILES string of the molecule is O=C1[C@@H]2C3C=CC([C@@H]2C(=O)N1c1ccccc1F)[C@@H]1C(=O)N(c2ccccc2F)C(=O)[C@@H]31. The number of halogens is 2. The lowest BCUT2D eigenvalue weighted by atomic mass is 9.54. The molecule has 2 aliphatic heterocycles. The minimum atomic E-state index is -0.865. The molecule has 6 nitrogen and oxygen atoms in total. The van der Waals surface area contributed by atoms with Crippen molar-refractivity contribution >= 4 is 35.0 Å². The summed E-state index contributed by atoms with van der Waals surface area (Å²) < 4.78 is 28.8. The van der Waals surface area contributed by atoms with Crippen molar-refractivity contribution in [3.05, 3.63) is 72.3 Å². The number of allylic oxidation sites excluding steroid dienone is 2. The van der Waals surface area contributed by atoms with Crippen molar-refractivity contribution in [3.63, 3.8) is 0 Å². The van der Waals surface area contributed by atoms with Gasteiger partial charge >= 0.3 is 0 Å². The number of carbonyl (C=O) groups excluding carboxylic acids is 4. The van der Waals surface area contributed by atoms with Crippen molar-refractivity contribution in [2.45, 2.75) is 0 Å².